The number of nitrogens with two attached hydrogens (primary N) is 1. The molecule has 0 aliphatic carbocycles. The summed E-state index contributed by atoms with van der Waals surface area (Å²) in [6.45, 7) is 3.83. The number of esters is 1. The number of hydrogen-bond donors (Lipinski definition) is 2. The molecular formula is C26H31ClN2O7S. The number of nitrogens with one attached hydrogen (secondary N) is 1. The van der Waals surface area contributed by atoms with E-state index in [2.05, 4.69) is 5.32 Å². The standard InChI is InChI=1S/C26H31ClN2O7S/c1-4-26(25(31)36-37(32,33)18-10-6-5-7-11-18)21(16-35-15-14-28)29-17(2)22(24(30)34-3)23(26)19-12-8-9-13-20(19)27/h5-13,21,23,29H,4,14-16,28H2,1-3H3. The zero-order valence-corrected chi connectivity index (χ0v) is 22.5. The predicted octanol–water partition coefficient (Wildman–Crippen LogP) is 3.15. The molecule has 0 saturated carbocycles. The lowest BCUT2D eigenvalue weighted by atomic mass is 9.60. The topological polar surface area (TPSA) is 134 Å². The molecule has 3 atom stereocenters. The summed E-state index contributed by atoms with van der Waals surface area (Å²) in [5.41, 5.74) is 4.99. The van der Waals surface area contributed by atoms with E-state index >= 15 is 0 Å². The van der Waals surface area contributed by atoms with Crippen molar-refractivity contribution in [3.05, 3.63) is 76.5 Å². The van der Waals surface area contributed by atoms with Gasteiger partial charge < -0.3 is 24.7 Å². The van der Waals surface area contributed by atoms with Crippen molar-refractivity contribution in [3.63, 3.8) is 0 Å². The normalized spacial score (nSPS) is 21.8. The van der Waals surface area contributed by atoms with Gasteiger partial charge in [-0.05, 0) is 37.1 Å². The van der Waals surface area contributed by atoms with Crippen LogP contribution in [0.2, 0.25) is 5.02 Å². The van der Waals surface area contributed by atoms with Gasteiger partial charge in [-0.3, -0.25) is 4.79 Å². The molecule has 11 heteroatoms. The molecule has 0 fully saturated rings. The van der Waals surface area contributed by atoms with E-state index < -0.39 is 39.4 Å². The van der Waals surface area contributed by atoms with E-state index in [0.717, 1.165) is 0 Å². The van der Waals surface area contributed by atoms with E-state index in [4.69, 9.17) is 31.0 Å². The maximum atomic E-state index is 14.1. The first-order valence-electron chi connectivity index (χ1n) is 11.8. The number of hydrogen-bond acceptors (Lipinski definition) is 9. The molecule has 200 valence electrons. The van der Waals surface area contributed by atoms with Gasteiger partial charge in [0.1, 0.15) is 10.3 Å². The SMILES string of the molecule is CCC1(C(=O)OS(=O)(=O)c2ccccc2)C(COCCN)NC(C)=C(C(=O)OC)C1c1ccccc1Cl. The summed E-state index contributed by atoms with van der Waals surface area (Å²) in [5, 5.41) is 3.48. The van der Waals surface area contributed by atoms with Crippen LogP contribution in [0.3, 0.4) is 0 Å². The number of halogens is 1. The minimum absolute atomic E-state index is 0.0156. The van der Waals surface area contributed by atoms with Crippen LogP contribution < -0.4 is 11.1 Å². The molecule has 2 aromatic rings. The number of ether oxygens (including phenoxy) is 2. The van der Waals surface area contributed by atoms with Gasteiger partial charge in [0.15, 0.2) is 0 Å². The van der Waals surface area contributed by atoms with Gasteiger partial charge in [0.2, 0.25) is 0 Å². The summed E-state index contributed by atoms with van der Waals surface area (Å²) in [5.74, 6) is -2.75. The number of allylic oxidation sites excluding steroid dienone is 1. The van der Waals surface area contributed by atoms with Gasteiger partial charge >= 0.3 is 22.1 Å². The van der Waals surface area contributed by atoms with Crippen molar-refractivity contribution in [2.45, 2.75) is 37.1 Å². The molecule has 1 aliphatic rings. The second-order valence-corrected chi connectivity index (χ2v) is 10.5. The largest absolute Gasteiger partial charge is 0.466 e. The zero-order valence-electron chi connectivity index (χ0n) is 20.9. The summed E-state index contributed by atoms with van der Waals surface area (Å²) < 4.78 is 42.3. The van der Waals surface area contributed by atoms with Gasteiger partial charge in [-0.2, -0.15) is 8.42 Å². The highest BCUT2D eigenvalue weighted by Gasteiger charge is 2.59. The van der Waals surface area contributed by atoms with Crippen molar-refractivity contribution in [2.24, 2.45) is 11.1 Å². The van der Waals surface area contributed by atoms with E-state index in [1.54, 1.807) is 44.2 Å². The molecule has 0 aromatic heterocycles. The van der Waals surface area contributed by atoms with Crippen molar-refractivity contribution in [3.8, 4) is 0 Å². The quantitative estimate of drug-likeness (QED) is 0.260. The third-order valence-corrected chi connectivity index (χ3v) is 8.14. The van der Waals surface area contributed by atoms with Gasteiger partial charge in [0, 0.05) is 23.2 Å². The van der Waals surface area contributed by atoms with Crippen LogP contribution in [0, 0.1) is 5.41 Å². The highest BCUT2D eigenvalue weighted by atomic mass is 35.5. The first-order valence-corrected chi connectivity index (χ1v) is 13.5. The van der Waals surface area contributed by atoms with E-state index in [-0.39, 0.29) is 36.6 Å². The minimum Gasteiger partial charge on any atom is -0.466 e. The van der Waals surface area contributed by atoms with Crippen molar-refractivity contribution in [1.82, 2.24) is 5.32 Å². The summed E-state index contributed by atoms with van der Waals surface area (Å²) in [6, 6.07) is 13.3. The molecule has 3 unspecified atom stereocenters. The summed E-state index contributed by atoms with van der Waals surface area (Å²) >= 11 is 6.60. The lowest BCUT2D eigenvalue weighted by Gasteiger charge is -2.48. The molecule has 2 aromatic carbocycles. The van der Waals surface area contributed by atoms with E-state index in [1.165, 1.54) is 31.4 Å². The Morgan fingerprint density at radius 3 is 2.35 bits per heavy atom. The monoisotopic (exact) mass is 550 g/mol. The highest BCUT2D eigenvalue weighted by molar-refractivity contribution is 7.87. The molecule has 0 radical (unpaired) electrons. The Morgan fingerprint density at radius 1 is 1.11 bits per heavy atom. The van der Waals surface area contributed by atoms with Crippen LogP contribution in [0.15, 0.2) is 70.8 Å². The van der Waals surface area contributed by atoms with Crippen LogP contribution in [-0.2, 0) is 33.4 Å². The molecule has 37 heavy (non-hydrogen) atoms. The Labute approximate surface area is 222 Å². The zero-order chi connectivity index (χ0) is 27.2. The lowest BCUT2D eigenvalue weighted by molar-refractivity contribution is -0.151. The first kappa shape index (κ1) is 28.6. The van der Waals surface area contributed by atoms with Crippen LogP contribution in [0.5, 0.6) is 0 Å². The third kappa shape index (κ3) is 5.67. The third-order valence-electron chi connectivity index (χ3n) is 6.57. The fourth-order valence-corrected chi connectivity index (χ4v) is 5.99. The summed E-state index contributed by atoms with van der Waals surface area (Å²) in [7, 11) is -3.25. The van der Waals surface area contributed by atoms with Gasteiger partial charge in [-0.1, -0.05) is 54.9 Å². The summed E-state index contributed by atoms with van der Waals surface area (Å²) in [4.78, 5) is 27.0. The van der Waals surface area contributed by atoms with E-state index in [9.17, 15) is 18.0 Å². The van der Waals surface area contributed by atoms with Gasteiger partial charge in [0.25, 0.3) is 0 Å². The van der Waals surface area contributed by atoms with Crippen LogP contribution in [0.4, 0.5) is 0 Å². The Hall–Kier alpha value is -2.92. The predicted molar refractivity (Wildman–Crippen MR) is 138 cm³/mol. The van der Waals surface area contributed by atoms with Crippen molar-refractivity contribution in [2.75, 3.05) is 26.9 Å². The molecule has 0 saturated heterocycles. The van der Waals surface area contributed by atoms with Crippen molar-refractivity contribution < 1.29 is 31.7 Å². The molecule has 3 N–H and O–H groups in total. The number of methoxy groups -OCH3 is 1. The maximum absolute atomic E-state index is 14.1. The van der Waals surface area contributed by atoms with E-state index in [0.29, 0.717) is 16.3 Å². The Bertz CT molecular complexity index is 1270. The van der Waals surface area contributed by atoms with Gasteiger partial charge in [-0.15, -0.1) is 0 Å². The molecule has 9 nitrogen and oxygen atoms in total. The van der Waals surface area contributed by atoms with Crippen molar-refractivity contribution >= 4 is 33.7 Å². The molecule has 0 spiro atoms. The Morgan fingerprint density at radius 2 is 1.76 bits per heavy atom. The summed E-state index contributed by atoms with van der Waals surface area (Å²) in [6.07, 6.45) is 0.0729. The van der Waals surface area contributed by atoms with Crippen molar-refractivity contribution in [1.29, 1.82) is 0 Å². The molecule has 1 heterocycles. The van der Waals surface area contributed by atoms with Crippen LogP contribution in [0.25, 0.3) is 0 Å². The lowest BCUT2D eigenvalue weighted by Crippen LogP contribution is -2.60. The van der Waals surface area contributed by atoms with Gasteiger partial charge in [0.05, 0.1) is 31.9 Å². The fourth-order valence-electron chi connectivity index (χ4n) is 4.81. The van der Waals surface area contributed by atoms with Gasteiger partial charge in [-0.25, -0.2) is 4.79 Å². The number of carbonyl (C=O) groups is 2. The average molecular weight is 551 g/mol. The molecular weight excluding hydrogens is 520 g/mol. The number of carbonyl (C=O) groups excluding carboxylic acids is 2. The first-order chi connectivity index (χ1) is 17.6. The minimum atomic E-state index is -4.48. The molecule has 3 rings (SSSR count). The molecule has 0 bridgehead atoms. The molecule has 1 aliphatic heterocycles. The Balaban J connectivity index is 2.26. The number of rotatable bonds is 10. The molecule has 0 amide bonds. The number of benzene rings is 2. The Kier molecular flexibility index (Phi) is 9.36. The maximum Gasteiger partial charge on any atom is 0.341 e. The van der Waals surface area contributed by atoms with Crippen LogP contribution in [0.1, 0.15) is 31.7 Å². The highest BCUT2D eigenvalue weighted by Crippen LogP contribution is 2.53. The van der Waals surface area contributed by atoms with Crippen LogP contribution in [-0.4, -0.2) is 53.3 Å². The van der Waals surface area contributed by atoms with E-state index in [1.807, 2.05) is 0 Å². The smallest absolute Gasteiger partial charge is 0.341 e. The average Bonchev–Trinajstić information content (AvgIpc) is 2.89. The fraction of sp³-hybridized carbons (Fsp3) is 0.385. The second kappa shape index (κ2) is 12.1. The second-order valence-electron chi connectivity index (χ2n) is 8.58. The van der Waals surface area contributed by atoms with Crippen LogP contribution >= 0.6 is 11.6 Å².